The number of carbonyl (C=O) groups excluding carboxylic acids is 1. The molecule has 2 aliphatic heterocycles. The van der Waals surface area contributed by atoms with Gasteiger partial charge in [0.15, 0.2) is 0 Å². The minimum Gasteiger partial charge on any atom is -0.342 e. The van der Waals surface area contributed by atoms with Gasteiger partial charge in [-0.25, -0.2) is 4.98 Å². The first kappa shape index (κ1) is 15.2. The normalized spacial score (nSPS) is 26.9. The molecule has 2 aliphatic rings. The number of hydrogen-bond donors (Lipinski definition) is 2. The summed E-state index contributed by atoms with van der Waals surface area (Å²) in [6, 6.07) is 1.58. The van der Waals surface area contributed by atoms with Gasteiger partial charge in [-0.1, -0.05) is 0 Å². The van der Waals surface area contributed by atoms with Crippen molar-refractivity contribution in [1.82, 2.24) is 20.2 Å². The summed E-state index contributed by atoms with van der Waals surface area (Å²) in [5.74, 6) is 0.556. The molecule has 2 saturated heterocycles. The Bertz CT molecular complexity index is 584. The molecule has 3 heterocycles. The molecule has 22 heavy (non-hydrogen) atoms. The van der Waals surface area contributed by atoms with Gasteiger partial charge >= 0.3 is 0 Å². The average molecular weight is 304 g/mol. The van der Waals surface area contributed by atoms with Crippen molar-refractivity contribution in [2.24, 2.45) is 5.41 Å². The Kier molecular flexibility index (Phi) is 4.29. The SMILES string of the molecule is C[C@]1(C(=O)N2CCC(c3cc(=O)[nH]cn3)CC2)CCCNC1. The van der Waals surface area contributed by atoms with Crippen LogP contribution < -0.4 is 10.9 Å². The zero-order valence-electron chi connectivity index (χ0n) is 13.1. The molecule has 0 bridgehead atoms. The maximum Gasteiger partial charge on any atom is 0.250 e. The third-order valence-corrected chi connectivity index (χ3v) is 5.01. The molecule has 120 valence electrons. The van der Waals surface area contributed by atoms with E-state index < -0.39 is 0 Å². The molecule has 3 rings (SSSR count). The van der Waals surface area contributed by atoms with E-state index in [1.54, 1.807) is 6.07 Å². The summed E-state index contributed by atoms with van der Waals surface area (Å²) in [5, 5.41) is 3.34. The highest BCUT2D eigenvalue weighted by Crippen LogP contribution is 2.32. The second-order valence-corrected chi connectivity index (χ2v) is 6.74. The zero-order chi connectivity index (χ0) is 15.6. The maximum atomic E-state index is 12.8. The fourth-order valence-corrected chi connectivity index (χ4v) is 3.61. The predicted molar refractivity (Wildman–Crippen MR) is 83.6 cm³/mol. The van der Waals surface area contributed by atoms with Gasteiger partial charge < -0.3 is 15.2 Å². The summed E-state index contributed by atoms with van der Waals surface area (Å²) in [5.41, 5.74) is 0.485. The van der Waals surface area contributed by atoms with Gasteiger partial charge in [0.1, 0.15) is 0 Å². The van der Waals surface area contributed by atoms with Crippen molar-refractivity contribution in [2.45, 2.75) is 38.5 Å². The van der Waals surface area contributed by atoms with Crippen LogP contribution in [0.3, 0.4) is 0 Å². The molecule has 1 aromatic rings. The summed E-state index contributed by atoms with van der Waals surface area (Å²) in [6.07, 6.45) is 5.26. The first-order chi connectivity index (χ1) is 10.6. The molecule has 6 heteroatoms. The Hall–Kier alpha value is -1.69. The molecular weight excluding hydrogens is 280 g/mol. The first-order valence-electron chi connectivity index (χ1n) is 8.13. The van der Waals surface area contributed by atoms with E-state index in [1.165, 1.54) is 6.33 Å². The van der Waals surface area contributed by atoms with E-state index in [9.17, 15) is 9.59 Å². The van der Waals surface area contributed by atoms with E-state index in [-0.39, 0.29) is 22.8 Å². The molecule has 2 N–H and O–H groups in total. The summed E-state index contributed by atoms with van der Waals surface area (Å²) in [7, 11) is 0. The van der Waals surface area contributed by atoms with Crippen LogP contribution in [0.25, 0.3) is 0 Å². The van der Waals surface area contributed by atoms with Crippen molar-refractivity contribution in [3.63, 3.8) is 0 Å². The van der Waals surface area contributed by atoms with Crippen LogP contribution in [0, 0.1) is 5.41 Å². The van der Waals surface area contributed by atoms with Crippen LogP contribution in [0.2, 0.25) is 0 Å². The minimum absolute atomic E-state index is 0.107. The Labute approximate surface area is 130 Å². The Balaban J connectivity index is 1.61. The second-order valence-electron chi connectivity index (χ2n) is 6.74. The molecular formula is C16H24N4O2. The quantitative estimate of drug-likeness (QED) is 0.850. The lowest BCUT2D eigenvalue weighted by Crippen LogP contribution is -2.52. The lowest BCUT2D eigenvalue weighted by molar-refractivity contribution is -0.143. The summed E-state index contributed by atoms with van der Waals surface area (Å²) >= 11 is 0. The van der Waals surface area contributed by atoms with Gasteiger partial charge in [-0.15, -0.1) is 0 Å². The number of hydrogen-bond acceptors (Lipinski definition) is 4. The molecule has 1 amide bonds. The molecule has 0 aromatic carbocycles. The van der Waals surface area contributed by atoms with Crippen LogP contribution in [-0.2, 0) is 4.79 Å². The van der Waals surface area contributed by atoms with Crippen LogP contribution >= 0.6 is 0 Å². The largest absolute Gasteiger partial charge is 0.342 e. The highest BCUT2D eigenvalue weighted by atomic mass is 16.2. The van der Waals surface area contributed by atoms with E-state index in [2.05, 4.69) is 22.2 Å². The highest BCUT2D eigenvalue weighted by molar-refractivity contribution is 5.82. The number of rotatable bonds is 2. The van der Waals surface area contributed by atoms with E-state index in [0.29, 0.717) is 0 Å². The average Bonchev–Trinajstić information content (AvgIpc) is 2.55. The second kappa shape index (κ2) is 6.20. The monoisotopic (exact) mass is 304 g/mol. The number of H-pyrrole nitrogens is 1. The molecule has 0 aliphatic carbocycles. The zero-order valence-corrected chi connectivity index (χ0v) is 13.1. The van der Waals surface area contributed by atoms with Crippen molar-refractivity contribution < 1.29 is 4.79 Å². The summed E-state index contributed by atoms with van der Waals surface area (Å²) < 4.78 is 0. The van der Waals surface area contributed by atoms with Crippen LogP contribution in [0.1, 0.15) is 44.2 Å². The number of carbonyl (C=O) groups is 1. The van der Waals surface area contributed by atoms with Crippen molar-refractivity contribution >= 4 is 5.91 Å². The highest BCUT2D eigenvalue weighted by Gasteiger charge is 2.38. The van der Waals surface area contributed by atoms with E-state index >= 15 is 0 Å². The van der Waals surface area contributed by atoms with Gasteiger partial charge in [0.25, 0.3) is 5.56 Å². The van der Waals surface area contributed by atoms with E-state index in [4.69, 9.17) is 0 Å². The third kappa shape index (κ3) is 3.06. The number of nitrogens with zero attached hydrogens (tertiary/aromatic N) is 2. The molecule has 0 spiro atoms. The van der Waals surface area contributed by atoms with Gasteiger partial charge in [0.2, 0.25) is 5.91 Å². The van der Waals surface area contributed by atoms with Crippen LogP contribution in [0.15, 0.2) is 17.2 Å². The van der Waals surface area contributed by atoms with Crippen LogP contribution in [0.4, 0.5) is 0 Å². The number of piperidine rings is 2. The number of amides is 1. The Morgan fingerprint density at radius 1 is 1.41 bits per heavy atom. The van der Waals surface area contributed by atoms with Gasteiger partial charge in [0.05, 0.1) is 17.4 Å². The predicted octanol–water partition coefficient (Wildman–Crippen LogP) is 0.866. The van der Waals surface area contributed by atoms with E-state index in [0.717, 1.165) is 57.6 Å². The maximum absolute atomic E-state index is 12.8. The van der Waals surface area contributed by atoms with Crippen molar-refractivity contribution in [3.05, 3.63) is 28.4 Å². The number of aromatic amines is 1. The van der Waals surface area contributed by atoms with Crippen molar-refractivity contribution in [1.29, 1.82) is 0 Å². The lowest BCUT2D eigenvalue weighted by atomic mass is 9.80. The Morgan fingerprint density at radius 3 is 2.82 bits per heavy atom. The van der Waals surface area contributed by atoms with E-state index in [1.807, 2.05) is 4.90 Å². The Morgan fingerprint density at radius 2 is 2.18 bits per heavy atom. The number of likely N-dealkylation sites (tertiary alicyclic amines) is 1. The molecule has 6 nitrogen and oxygen atoms in total. The minimum atomic E-state index is -0.257. The molecule has 0 saturated carbocycles. The number of nitrogens with one attached hydrogen (secondary N) is 2. The van der Waals surface area contributed by atoms with Gasteiger partial charge in [-0.2, -0.15) is 0 Å². The standard InChI is InChI=1S/C16H24N4O2/c1-16(5-2-6-17-10-16)15(22)20-7-3-12(4-8-20)13-9-14(21)19-11-18-13/h9,11-12,17H,2-8,10H2,1H3,(H,18,19,21)/t16-/m0/s1. The topological polar surface area (TPSA) is 78.1 Å². The smallest absolute Gasteiger partial charge is 0.250 e. The summed E-state index contributed by atoms with van der Waals surface area (Å²) in [4.78, 5) is 33.0. The van der Waals surface area contributed by atoms with Crippen LogP contribution in [-0.4, -0.2) is 47.0 Å². The fourth-order valence-electron chi connectivity index (χ4n) is 3.61. The van der Waals surface area contributed by atoms with Gasteiger partial charge in [0, 0.05) is 31.6 Å². The number of aromatic nitrogens is 2. The first-order valence-corrected chi connectivity index (χ1v) is 8.13. The van der Waals surface area contributed by atoms with Crippen LogP contribution in [0.5, 0.6) is 0 Å². The van der Waals surface area contributed by atoms with Crippen molar-refractivity contribution in [2.75, 3.05) is 26.2 Å². The third-order valence-electron chi connectivity index (χ3n) is 5.01. The summed E-state index contributed by atoms with van der Waals surface area (Å²) in [6.45, 7) is 5.38. The molecule has 2 fully saturated rings. The molecule has 1 atom stereocenters. The fraction of sp³-hybridized carbons (Fsp3) is 0.688. The molecule has 1 aromatic heterocycles. The van der Waals surface area contributed by atoms with Gasteiger partial charge in [-0.05, 0) is 39.2 Å². The van der Waals surface area contributed by atoms with Gasteiger partial charge in [-0.3, -0.25) is 9.59 Å². The molecule has 0 radical (unpaired) electrons. The van der Waals surface area contributed by atoms with Crippen molar-refractivity contribution in [3.8, 4) is 0 Å². The molecule has 0 unspecified atom stereocenters. The lowest BCUT2D eigenvalue weighted by Gasteiger charge is -2.40.